The highest BCUT2D eigenvalue weighted by Crippen LogP contribution is 2.05. The lowest BCUT2D eigenvalue weighted by atomic mass is 10.3. The number of aliphatic hydroxyl groups excluding tert-OH is 1. The van der Waals surface area contributed by atoms with Crippen LogP contribution in [0.3, 0.4) is 0 Å². The number of para-hydroxylation sites is 1. The summed E-state index contributed by atoms with van der Waals surface area (Å²) in [6.07, 6.45) is -1.23. The quantitative estimate of drug-likeness (QED) is 0.748. The van der Waals surface area contributed by atoms with Crippen molar-refractivity contribution in [3.8, 4) is 5.75 Å². The van der Waals surface area contributed by atoms with Crippen molar-refractivity contribution < 1.29 is 19.7 Å². The van der Waals surface area contributed by atoms with E-state index in [4.69, 9.17) is 14.9 Å². The van der Waals surface area contributed by atoms with Gasteiger partial charge in [0, 0.05) is 0 Å². The van der Waals surface area contributed by atoms with Gasteiger partial charge in [0.25, 0.3) is 0 Å². The maximum Gasteiger partial charge on any atom is 0.332 e. The van der Waals surface area contributed by atoms with E-state index in [0.717, 1.165) is 5.75 Å². The van der Waals surface area contributed by atoms with Gasteiger partial charge in [-0.05, 0) is 19.1 Å². The first-order chi connectivity index (χ1) is 6.57. The molecule has 1 rings (SSSR count). The molecule has 0 saturated heterocycles. The van der Waals surface area contributed by atoms with Crippen LogP contribution in [0.25, 0.3) is 0 Å². The Bertz CT molecular complexity index is 256. The number of aliphatic hydroxyl groups is 1. The number of carbonyl (C=O) groups is 1. The van der Waals surface area contributed by atoms with Gasteiger partial charge in [0.15, 0.2) is 0 Å². The van der Waals surface area contributed by atoms with E-state index in [0.29, 0.717) is 0 Å². The molecule has 1 unspecified atom stereocenters. The van der Waals surface area contributed by atoms with Crippen LogP contribution in [0.1, 0.15) is 6.92 Å². The number of methoxy groups -OCH3 is 1. The Hall–Kier alpha value is -1.55. The Kier molecular flexibility index (Phi) is 6.15. The van der Waals surface area contributed by atoms with Gasteiger partial charge >= 0.3 is 5.97 Å². The molecule has 4 heteroatoms. The summed E-state index contributed by atoms with van der Waals surface area (Å²) in [6.45, 7) is 1.20. The van der Waals surface area contributed by atoms with Crippen LogP contribution in [0.15, 0.2) is 30.3 Å². The average Bonchev–Trinajstić information content (AvgIpc) is 2.20. The van der Waals surface area contributed by atoms with Crippen LogP contribution in [0.4, 0.5) is 0 Å². The molecule has 4 nitrogen and oxygen atoms in total. The van der Waals surface area contributed by atoms with Gasteiger partial charge in [0.1, 0.15) is 11.9 Å². The maximum absolute atomic E-state index is 9.45. The van der Waals surface area contributed by atoms with Crippen molar-refractivity contribution in [2.24, 2.45) is 0 Å². The van der Waals surface area contributed by atoms with Crippen molar-refractivity contribution in [1.82, 2.24) is 0 Å². The summed E-state index contributed by atoms with van der Waals surface area (Å²) < 4.78 is 4.91. The summed E-state index contributed by atoms with van der Waals surface area (Å²) in [6, 6.07) is 9.68. The first-order valence-electron chi connectivity index (χ1n) is 4.08. The van der Waals surface area contributed by atoms with E-state index in [1.165, 1.54) is 6.92 Å². The highest BCUT2D eigenvalue weighted by Gasteiger charge is 2.01. The van der Waals surface area contributed by atoms with Crippen LogP contribution in [-0.2, 0) is 4.79 Å². The Balaban J connectivity index is 0.000000255. The van der Waals surface area contributed by atoms with Crippen molar-refractivity contribution in [3.63, 3.8) is 0 Å². The average molecular weight is 198 g/mol. The smallest absolute Gasteiger partial charge is 0.332 e. The molecule has 0 aliphatic rings. The molecule has 0 saturated carbocycles. The summed E-state index contributed by atoms with van der Waals surface area (Å²) in [5.41, 5.74) is 0. The molecule has 1 aromatic rings. The Morgan fingerprint density at radius 1 is 1.36 bits per heavy atom. The molecule has 0 spiro atoms. The molecule has 1 aromatic carbocycles. The van der Waals surface area contributed by atoms with Crippen molar-refractivity contribution in [1.29, 1.82) is 0 Å². The Morgan fingerprint density at radius 3 is 2.00 bits per heavy atom. The summed E-state index contributed by atoms with van der Waals surface area (Å²) in [5.74, 6) is -0.275. The molecule has 0 amide bonds. The predicted molar refractivity (Wildman–Crippen MR) is 52.3 cm³/mol. The van der Waals surface area contributed by atoms with E-state index in [9.17, 15) is 4.79 Å². The Labute approximate surface area is 82.8 Å². The van der Waals surface area contributed by atoms with Crippen LogP contribution in [0.5, 0.6) is 5.75 Å². The summed E-state index contributed by atoms with van der Waals surface area (Å²) >= 11 is 0. The second-order valence-electron chi connectivity index (χ2n) is 2.53. The minimum absolute atomic E-state index is 0.910. The lowest BCUT2D eigenvalue weighted by molar-refractivity contribution is -0.145. The lowest BCUT2D eigenvalue weighted by Crippen LogP contribution is -2.13. The standard InChI is InChI=1S/C7H8O.C3H6O3/c1-8-7-5-3-2-4-6-7;1-2(4)3(5)6/h2-6H,1H3;2,4H,1H3,(H,5,6). The van der Waals surface area contributed by atoms with Crippen molar-refractivity contribution in [2.75, 3.05) is 7.11 Å². The van der Waals surface area contributed by atoms with Gasteiger partial charge in [-0.25, -0.2) is 4.79 Å². The topological polar surface area (TPSA) is 66.8 Å². The SMILES string of the molecule is CC(O)C(=O)O.COc1ccccc1. The third-order valence-corrected chi connectivity index (χ3v) is 1.34. The minimum atomic E-state index is -1.23. The zero-order valence-corrected chi connectivity index (χ0v) is 8.18. The van der Waals surface area contributed by atoms with Gasteiger partial charge < -0.3 is 14.9 Å². The van der Waals surface area contributed by atoms with Crippen LogP contribution in [-0.4, -0.2) is 29.4 Å². The molecular weight excluding hydrogens is 184 g/mol. The maximum atomic E-state index is 9.45. The molecule has 0 radical (unpaired) electrons. The zero-order valence-electron chi connectivity index (χ0n) is 8.18. The number of hydrogen-bond acceptors (Lipinski definition) is 3. The third kappa shape index (κ3) is 6.02. The third-order valence-electron chi connectivity index (χ3n) is 1.34. The van der Waals surface area contributed by atoms with Crippen LogP contribution in [0, 0.1) is 0 Å². The number of carboxylic acids is 1. The molecule has 0 aromatic heterocycles. The summed E-state index contributed by atoms with van der Waals surface area (Å²) in [7, 11) is 1.66. The van der Waals surface area contributed by atoms with Crippen LogP contribution in [0.2, 0.25) is 0 Å². The number of hydrogen-bond donors (Lipinski definition) is 2. The van der Waals surface area contributed by atoms with Gasteiger partial charge in [0.2, 0.25) is 0 Å². The monoisotopic (exact) mass is 198 g/mol. The predicted octanol–water partition coefficient (Wildman–Crippen LogP) is 1.15. The summed E-state index contributed by atoms with van der Waals surface area (Å²) in [5, 5.41) is 15.8. The fraction of sp³-hybridized carbons (Fsp3) is 0.300. The van der Waals surface area contributed by atoms with Crippen LogP contribution >= 0.6 is 0 Å². The second-order valence-corrected chi connectivity index (χ2v) is 2.53. The normalized spacial score (nSPS) is 10.8. The fourth-order valence-electron chi connectivity index (χ4n) is 0.557. The summed E-state index contributed by atoms with van der Waals surface area (Å²) in [4.78, 5) is 9.45. The van der Waals surface area contributed by atoms with E-state index in [1.54, 1.807) is 7.11 Å². The molecule has 0 fully saturated rings. The minimum Gasteiger partial charge on any atom is -0.497 e. The highest BCUT2D eigenvalue weighted by atomic mass is 16.5. The van der Waals surface area contributed by atoms with Crippen molar-refractivity contribution in [2.45, 2.75) is 13.0 Å². The van der Waals surface area contributed by atoms with E-state index in [2.05, 4.69) is 0 Å². The van der Waals surface area contributed by atoms with Gasteiger partial charge in [-0.15, -0.1) is 0 Å². The molecule has 0 bridgehead atoms. The molecule has 78 valence electrons. The molecule has 2 N–H and O–H groups in total. The molecule has 0 heterocycles. The zero-order chi connectivity index (χ0) is 11.0. The number of aliphatic carboxylic acids is 1. The first kappa shape index (κ1) is 12.4. The number of benzene rings is 1. The van der Waals surface area contributed by atoms with Gasteiger partial charge in [-0.3, -0.25) is 0 Å². The van der Waals surface area contributed by atoms with Crippen LogP contribution < -0.4 is 4.74 Å². The molecule has 1 atom stereocenters. The fourth-order valence-corrected chi connectivity index (χ4v) is 0.557. The van der Waals surface area contributed by atoms with Gasteiger partial charge in [-0.1, -0.05) is 18.2 Å². The molecule has 0 aliphatic heterocycles. The van der Waals surface area contributed by atoms with E-state index < -0.39 is 12.1 Å². The largest absolute Gasteiger partial charge is 0.497 e. The number of ether oxygens (including phenoxy) is 1. The second kappa shape index (κ2) is 6.91. The van der Waals surface area contributed by atoms with Crippen molar-refractivity contribution >= 4 is 5.97 Å². The van der Waals surface area contributed by atoms with Gasteiger partial charge in [-0.2, -0.15) is 0 Å². The number of rotatable bonds is 2. The van der Waals surface area contributed by atoms with Gasteiger partial charge in [0.05, 0.1) is 7.11 Å². The van der Waals surface area contributed by atoms with Crippen molar-refractivity contribution in [3.05, 3.63) is 30.3 Å². The molecule has 0 aliphatic carbocycles. The van der Waals surface area contributed by atoms with E-state index in [1.807, 2.05) is 30.3 Å². The van der Waals surface area contributed by atoms with E-state index in [-0.39, 0.29) is 0 Å². The number of carboxylic acid groups (broad SMARTS) is 1. The first-order valence-corrected chi connectivity index (χ1v) is 4.08. The lowest BCUT2D eigenvalue weighted by Gasteiger charge is -1.93. The molecular formula is C10H14O4. The molecule has 14 heavy (non-hydrogen) atoms. The van der Waals surface area contributed by atoms with E-state index >= 15 is 0 Å². The Morgan fingerprint density at radius 2 is 1.79 bits per heavy atom. The highest BCUT2D eigenvalue weighted by molar-refractivity contribution is 5.71.